The predicted octanol–water partition coefficient (Wildman–Crippen LogP) is 2.21. The van der Waals surface area contributed by atoms with E-state index < -0.39 is 5.82 Å². The third-order valence-corrected chi connectivity index (χ3v) is 5.07. The van der Waals surface area contributed by atoms with Gasteiger partial charge in [-0.1, -0.05) is 12.1 Å². The van der Waals surface area contributed by atoms with E-state index in [9.17, 15) is 9.18 Å². The van der Waals surface area contributed by atoms with Gasteiger partial charge in [-0.15, -0.1) is 0 Å². The Labute approximate surface area is 140 Å². The molecule has 2 aromatic rings. The number of amides is 1. The molecule has 4 rings (SSSR count). The predicted molar refractivity (Wildman–Crippen MR) is 88.1 cm³/mol. The van der Waals surface area contributed by atoms with Crippen molar-refractivity contribution in [3.05, 3.63) is 54.2 Å². The zero-order valence-electron chi connectivity index (χ0n) is 13.3. The average molecular weight is 326 g/mol. The van der Waals surface area contributed by atoms with Crippen LogP contribution in [0.15, 0.2) is 42.9 Å². The van der Waals surface area contributed by atoms with Gasteiger partial charge in [0.05, 0.1) is 11.8 Å². The fraction of sp³-hybridized carbons (Fsp3) is 0.389. The molecule has 124 valence electrons. The molecule has 0 spiro atoms. The van der Waals surface area contributed by atoms with Crippen LogP contribution in [0.2, 0.25) is 0 Å². The molecular formula is C18H19FN4O. The van der Waals surface area contributed by atoms with Crippen molar-refractivity contribution >= 4 is 11.7 Å². The van der Waals surface area contributed by atoms with Gasteiger partial charge in [-0.05, 0) is 30.4 Å². The first-order valence-corrected chi connectivity index (χ1v) is 8.27. The van der Waals surface area contributed by atoms with E-state index in [1.165, 1.54) is 6.07 Å². The van der Waals surface area contributed by atoms with Crippen molar-refractivity contribution in [1.29, 1.82) is 0 Å². The second-order valence-corrected chi connectivity index (χ2v) is 6.51. The summed E-state index contributed by atoms with van der Waals surface area (Å²) >= 11 is 0. The van der Waals surface area contributed by atoms with Crippen LogP contribution >= 0.6 is 0 Å². The van der Waals surface area contributed by atoms with E-state index in [0.717, 1.165) is 25.3 Å². The van der Waals surface area contributed by atoms with Crippen LogP contribution in [0, 0.1) is 17.7 Å². The molecule has 24 heavy (non-hydrogen) atoms. The minimum Gasteiger partial charge on any atom is -0.355 e. The van der Waals surface area contributed by atoms with Crippen molar-refractivity contribution in [2.45, 2.75) is 6.42 Å². The van der Waals surface area contributed by atoms with E-state index in [1.807, 2.05) is 0 Å². The van der Waals surface area contributed by atoms with Gasteiger partial charge in [0.25, 0.3) is 5.91 Å². The van der Waals surface area contributed by atoms with Crippen LogP contribution in [0.3, 0.4) is 0 Å². The number of fused-ring (bicyclic) bond motifs is 1. The molecule has 0 saturated carbocycles. The maximum absolute atomic E-state index is 13.9. The maximum Gasteiger partial charge on any atom is 0.256 e. The Hall–Kier alpha value is -2.50. The molecule has 0 unspecified atom stereocenters. The topological polar surface area (TPSA) is 49.3 Å². The Morgan fingerprint density at radius 2 is 1.96 bits per heavy atom. The smallest absolute Gasteiger partial charge is 0.256 e. The minimum atomic E-state index is -0.446. The van der Waals surface area contributed by atoms with Crippen molar-refractivity contribution in [1.82, 2.24) is 14.9 Å². The highest BCUT2D eigenvalue weighted by molar-refractivity contribution is 5.94. The summed E-state index contributed by atoms with van der Waals surface area (Å²) in [5.41, 5.74) is 0.168. The average Bonchev–Trinajstić information content (AvgIpc) is 3.05. The number of piperidine rings is 1. The molecule has 0 aliphatic carbocycles. The minimum absolute atomic E-state index is 0.168. The molecule has 5 nitrogen and oxygen atoms in total. The zero-order valence-corrected chi connectivity index (χ0v) is 13.3. The van der Waals surface area contributed by atoms with Crippen LogP contribution in [0.1, 0.15) is 16.8 Å². The van der Waals surface area contributed by atoms with Gasteiger partial charge in [-0.25, -0.2) is 9.37 Å². The number of hydrogen-bond acceptors (Lipinski definition) is 4. The van der Waals surface area contributed by atoms with E-state index in [2.05, 4.69) is 14.9 Å². The lowest BCUT2D eigenvalue weighted by atomic mass is 9.89. The third kappa shape index (κ3) is 2.72. The number of anilines is 1. The summed E-state index contributed by atoms with van der Waals surface area (Å²) in [5, 5.41) is 0. The summed E-state index contributed by atoms with van der Waals surface area (Å²) in [6.45, 7) is 3.17. The molecule has 2 aliphatic rings. The first-order valence-electron chi connectivity index (χ1n) is 8.27. The van der Waals surface area contributed by atoms with E-state index in [-0.39, 0.29) is 11.5 Å². The van der Waals surface area contributed by atoms with Crippen LogP contribution in [0.5, 0.6) is 0 Å². The number of carbonyl (C=O) groups excluding carboxylic acids is 1. The Balaban J connectivity index is 1.47. The highest BCUT2D eigenvalue weighted by Crippen LogP contribution is 2.33. The van der Waals surface area contributed by atoms with E-state index in [1.54, 1.807) is 41.7 Å². The van der Waals surface area contributed by atoms with E-state index in [4.69, 9.17) is 0 Å². The van der Waals surface area contributed by atoms with Gasteiger partial charge in [-0.2, -0.15) is 0 Å². The SMILES string of the molecule is O=C(c1ccccc1F)N1C[C@@H]2CN(c3cnccn3)CC[C@H]2C1. The Morgan fingerprint density at radius 1 is 1.12 bits per heavy atom. The first-order chi connectivity index (χ1) is 11.7. The number of hydrogen-bond donors (Lipinski definition) is 0. The number of aromatic nitrogens is 2. The Kier molecular flexibility index (Phi) is 3.88. The van der Waals surface area contributed by atoms with Crippen molar-refractivity contribution < 1.29 is 9.18 Å². The highest BCUT2D eigenvalue weighted by Gasteiger charge is 2.39. The fourth-order valence-electron chi connectivity index (χ4n) is 3.80. The fourth-order valence-corrected chi connectivity index (χ4v) is 3.80. The van der Waals surface area contributed by atoms with Gasteiger partial charge < -0.3 is 9.80 Å². The van der Waals surface area contributed by atoms with E-state index >= 15 is 0 Å². The number of benzene rings is 1. The molecule has 0 bridgehead atoms. The lowest BCUT2D eigenvalue weighted by Gasteiger charge is -2.34. The molecule has 0 N–H and O–H groups in total. The molecule has 1 amide bonds. The molecule has 2 aliphatic heterocycles. The third-order valence-electron chi connectivity index (χ3n) is 5.07. The number of likely N-dealkylation sites (tertiary alicyclic amines) is 1. The van der Waals surface area contributed by atoms with Gasteiger partial charge in [-0.3, -0.25) is 9.78 Å². The number of nitrogens with zero attached hydrogens (tertiary/aromatic N) is 4. The molecule has 0 radical (unpaired) electrons. The largest absolute Gasteiger partial charge is 0.355 e. The quantitative estimate of drug-likeness (QED) is 0.849. The van der Waals surface area contributed by atoms with Crippen molar-refractivity contribution in [3.63, 3.8) is 0 Å². The van der Waals surface area contributed by atoms with Crippen LogP contribution in [-0.2, 0) is 0 Å². The number of rotatable bonds is 2. The summed E-state index contributed by atoms with van der Waals surface area (Å²) in [4.78, 5) is 25.1. The van der Waals surface area contributed by atoms with E-state index in [0.29, 0.717) is 24.9 Å². The first kappa shape index (κ1) is 15.1. The molecule has 1 aromatic heterocycles. The zero-order chi connectivity index (χ0) is 16.5. The summed E-state index contributed by atoms with van der Waals surface area (Å²) in [6.07, 6.45) is 6.16. The van der Waals surface area contributed by atoms with Crippen molar-refractivity contribution in [3.8, 4) is 0 Å². The molecular weight excluding hydrogens is 307 g/mol. The lowest BCUT2D eigenvalue weighted by Crippen LogP contribution is -2.40. The second-order valence-electron chi connectivity index (χ2n) is 6.51. The molecule has 1 aromatic carbocycles. The summed E-state index contributed by atoms with van der Waals surface area (Å²) in [5.74, 6) is 1.12. The highest BCUT2D eigenvalue weighted by atomic mass is 19.1. The van der Waals surface area contributed by atoms with Crippen molar-refractivity contribution in [2.24, 2.45) is 11.8 Å². The Bertz CT molecular complexity index is 739. The second kappa shape index (κ2) is 6.19. The van der Waals surface area contributed by atoms with Crippen LogP contribution < -0.4 is 4.90 Å². The summed E-state index contributed by atoms with van der Waals surface area (Å²) in [6, 6.07) is 6.21. The normalized spacial score (nSPS) is 23.2. The number of halogens is 1. The monoisotopic (exact) mass is 326 g/mol. The molecule has 6 heteroatoms. The van der Waals surface area contributed by atoms with Gasteiger partial charge in [0.15, 0.2) is 0 Å². The Morgan fingerprint density at radius 3 is 2.75 bits per heavy atom. The summed E-state index contributed by atoms with van der Waals surface area (Å²) in [7, 11) is 0. The van der Waals surface area contributed by atoms with Crippen molar-refractivity contribution in [2.75, 3.05) is 31.1 Å². The molecule has 3 heterocycles. The van der Waals surface area contributed by atoms with Gasteiger partial charge >= 0.3 is 0 Å². The maximum atomic E-state index is 13.9. The number of carbonyl (C=O) groups is 1. The standard InChI is InChI=1S/C18H19FN4O/c19-16-4-2-1-3-15(16)18(24)23-10-13-5-8-22(11-14(13)12-23)17-9-20-6-7-21-17/h1-4,6-7,9,13-14H,5,8,10-12H2/t13-,14-/m0/s1. The lowest BCUT2D eigenvalue weighted by molar-refractivity contribution is 0.0780. The van der Waals surface area contributed by atoms with Crippen LogP contribution in [0.4, 0.5) is 10.2 Å². The van der Waals surface area contributed by atoms with Crippen LogP contribution in [-0.4, -0.2) is 47.0 Å². The molecule has 2 fully saturated rings. The summed E-state index contributed by atoms with van der Waals surface area (Å²) < 4.78 is 13.9. The van der Waals surface area contributed by atoms with Gasteiger partial charge in [0.2, 0.25) is 0 Å². The van der Waals surface area contributed by atoms with Crippen LogP contribution in [0.25, 0.3) is 0 Å². The van der Waals surface area contributed by atoms with Gasteiger partial charge in [0.1, 0.15) is 11.6 Å². The van der Waals surface area contributed by atoms with Gasteiger partial charge in [0, 0.05) is 38.6 Å². The molecule has 2 saturated heterocycles. The molecule has 2 atom stereocenters.